The highest BCUT2D eigenvalue weighted by Gasteiger charge is 2.26. The predicted octanol–water partition coefficient (Wildman–Crippen LogP) is 2.01. The van der Waals surface area contributed by atoms with Crippen LogP contribution in [0.25, 0.3) is 0 Å². The van der Waals surface area contributed by atoms with Crippen molar-refractivity contribution in [3.63, 3.8) is 0 Å². The second-order valence-corrected chi connectivity index (χ2v) is 3.97. The molecule has 2 N–H and O–H groups in total. The lowest BCUT2D eigenvalue weighted by Crippen LogP contribution is -2.04. The number of ether oxygens (including phenoxy) is 1. The number of benzene rings is 1. The first-order chi connectivity index (χ1) is 7.35. The number of hydrogen-bond acceptors (Lipinski definition) is 3. The molecule has 15 heavy (non-hydrogen) atoms. The van der Waals surface area contributed by atoms with Gasteiger partial charge in [-0.3, -0.25) is 0 Å². The third kappa shape index (κ3) is 2.49. The SMILES string of the molecule is COc1cc(CCON)ccc1C1CC1. The van der Waals surface area contributed by atoms with Crippen LogP contribution in [0.5, 0.6) is 5.75 Å². The second kappa shape index (κ2) is 4.64. The van der Waals surface area contributed by atoms with Crippen molar-refractivity contribution in [1.82, 2.24) is 0 Å². The number of hydrogen-bond donors (Lipinski definition) is 1. The van der Waals surface area contributed by atoms with Gasteiger partial charge in [0, 0.05) is 0 Å². The maximum Gasteiger partial charge on any atom is 0.122 e. The van der Waals surface area contributed by atoms with Crippen LogP contribution in [0.15, 0.2) is 18.2 Å². The van der Waals surface area contributed by atoms with Gasteiger partial charge in [-0.15, -0.1) is 0 Å². The Kier molecular flexibility index (Phi) is 3.23. The Bertz CT molecular complexity index is 334. The Balaban J connectivity index is 2.14. The molecule has 0 atom stereocenters. The minimum Gasteiger partial charge on any atom is -0.496 e. The first kappa shape index (κ1) is 10.5. The van der Waals surface area contributed by atoms with Gasteiger partial charge in [-0.05, 0) is 42.4 Å². The summed E-state index contributed by atoms with van der Waals surface area (Å²) in [4.78, 5) is 4.57. The van der Waals surface area contributed by atoms with Gasteiger partial charge in [0.1, 0.15) is 5.75 Å². The van der Waals surface area contributed by atoms with E-state index < -0.39 is 0 Å². The number of methoxy groups -OCH3 is 1. The maximum absolute atomic E-state index is 5.40. The fourth-order valence-corrected chi connectivity index (χ4v) is 1.82. The predicted molar refractivity (Wildman–Crippen MR) is 58.8 cm³/mol. The van der Waals surface area contributed by atoms with Crippen LogP contribution in [0.3, 0.4) is 0 Å². The molecule has 1 aliphatic carbocycles. The average molecular weight is 207 g/mol. The van der Waals surface area contributed by atoms with Crippen molar-refractivity contribution in [2.24, 2.45) is 5.90 Å². The Morgan fingerprint density at radius 2 is 2.20 bits per heavy atom. The first-order valence-corrected chi connectivity index (χ1v) is 5.33. The van der Waals surface area contributed by atoms with Crippen LogP contribution in [0.2, 0.25) is 0 Å². The fraction of sp³-hybridized carbons (Fsp3) is 0.500. The van der Waals surface area contributed by atoms with Crippen LogP contribution in [-0.2, 0) is 11.3 Å². The summed E-state index contributed by atoms with van der Waals surface area (Å²) in [5, 5.41) is 0. The first-order valence-electron chi connectivity index (χ1n) is 5.33. The van der Waals surface area contributed by atoms with Gasteiger partial charge in [-0.2, -0.15) is 0 Å². The highest BCUT2D eigenvalue weighted by Crippen LogP contribution is 2.44. The van der Waals surface area contributed by atoms with E-state index in [1.54, 1.807) is 7.11 Å². The molecular weight excluding hydrogens is 190 g/mol. The number of nitrogens with two attached hydrogens (primary N) is 1. The van der Waals surface area contributed by atoms with E-state index in [1.807, 2.05) is 0 Å². The van der Waals surface area contributed by atoms with Gasteiger partial charge in [-0.25, -0.2) is 5.90 Å². The van der Waals surface area contributed by atoms with Crippen LogP contribution >= 0.6 is 0 Å². The smallest absolute Gasteiger partial charge is 0.122 e. The van der Waals surface area contributed by atoms with E-state index in [4.69, 9.17) is 10.6 Å². The molecule has 1 aromatic carbocycles. The minimum absolute atomic E-state index is 0.548. The van der Waals surface area contributed by atoms with E-state index in [2.05, 4.69) is 23.0 Å². The molecule has 2 rings (SSSR count). The largest absolute Gasteiger partial charge is 0.496 e. The quantitative estimate of drug-likeness (QED) is 0.751. The zero-order valence-electron chi connectivity index (χ0n) is 9.03. The molecule has 82 valence electrons. The zero-order valence-corrected chi connectivity index (χ0v) is 9.03. The van der Waals surface area contributed by atoms with Crippen LogP contribution in [0.1, 0.15) is 29.9 Å². The molecule has 3 heteroatoms. The summed E-state index contributed by atoms with van der Waals surface area (Å²) in [6.45, 7) is 0.548. The summed E-state index contributed by atoms with van der Waals surface area (Å²) in [5.41, 5.74) is 2.55. The van der Waals surface area contributed by atoms with Crippen LogP contribution in [0.4, 0.5) is 0 Å². The molecule has 0 bridgehead atoms. The van der Waals surface area contributed by atoms with E-state index in [-0.39, 0.29) is 0 Å². The van der Waals surface area contributed by atoms with Gasteiger partial charge in [0.15, 0.2) is 0 Å². The summed E-state index contributed by atoms with van der Waals surface area (Å²) in [6, 6.07) is 6.39. The van der Waals surface area contributed by atoms with E-state index in [0.717, 1.165) is 18.1 Å². The van der Waals surface area contributed by atoms with Gasteiger partial charge in [0.2, 0.25) is 0 Å². The molecule has 0 aliphatic heterocycles. The fourth-order valence-electron chi connectivity index (χ4n) is 1.82. The molecular formula is C12H17NO2. The summed E-state index contributed by atoms with van der Waals surface area (Å²) in [6.07, 6.45) is 3.42. The third-order valence-electron chi connectivity index (χ3n) is 2.82. The lowest BCUT2D eigenvalue weighted by atomic mass is 10.0. The Morgan fingerprint density at radius 3 is 2.80 bits per heavy atom. The van der Waals surface area contributed by atoms with Crippen molar-refractivity contribution in [1.29, 1.82) is 0 Å². The highest BCUT2D eigenvalue weighted by molar-refractivity contribution is 5.41. The van der Waals surface area contributed by atoms with Gasteiger partial charge >= 0.3 is 0 Å². The van der Waals surface area contributed by atoms with Crippen molar-refractivity contribution < 1.29 is 9.57 Å². The van der Waals surface area contributed by atoms with Crippen LogP contribution < -0.4 is 10.6 Å². The highest BCUT2D eigenvalue weighted by atomic mass is 16.6. The van der Waals surface area contributed by atoms with Crippen LogP contribution in [0, 0.1) is 0 Å². The average Bonchev–Trinajstić information content (AvgIpc) is 3.09. The van der Waals surface area contributed by atoms with Crippen molar-refractivity contribution in [3.05, 3.63) is 29.3 Å². The lowest BCUT2D eigenvalue weighted by Gasteiger charge is -2.09. The topological polar surface area (TPSA) is 44.5 Å². The molecule has 1 saturated carbocycles. The molecule has 0 spiro atoms. The maximum atomic E-state index is 5.40. The molecule has 1 aliphatic rings. The summed E-state index contributed by atoms with van der Waals surface area (Å²) < 4.78 is 5.40. The number of rotatable bonds is 5. The van der Waals surface area contributed by atoms with Crippen molar-refractivity contribution >= 4 is 0 Å². The summed E-state index contributed by atoms with van der Waals surface area (Å²) >= 11 is 0. The van der Waals surface area contributed by atoms with Gasteiger partial charge in [0.05, 0.1) is 13.7 Å². The molecule has 0 unspecified atom stereocenters. The minimum atomic E-state index is 0.548. The standard InChI is InChI=1S/C12H17NO2/c1-14-12-8-9(6-7-15-13)2-5-11(12)10-3-4-10/h2,5,8,10H,3-4,6-7,13H2,1H3. The molecule has 1 aromatic rings. The molecule has 3 nitrogen and oxygen atoms in total. The van der Waals surface area contributed by atoms with Crippen molar-refractivity contribution in [2.75, 3.05) is 13.7 Å². The molecule has 0 radical (unpaired) electrons. The van der Waals surface area contributed by atoms with Gasteiger partial charge in [0.25, 0.3) is 0 Å². The molecule has 1 fully saturated rings. The zero-order chi connectivity index (χ0) is 10.7. The van der Waals surface area contributed by atoms with E-state index >= 15 is 0 Å². The Hall–Kier alpha value is -1.06. The van der Waals surface area contributed by atoms with Crippen LogP contribution in [-0.4, -0.2) is 13.7 Å². The molecule has 0 aromatic heterocycles. The Morgan fingerprint density at radius 1 is 1.40 bits per heavy atom. The lowest BCUT2D eigenvalue weighted by molar-refractivity contribution is 0.141. The van der Waals surface area contributed by atoms with Crippen molar-refractivity contribution in [2.45, 2.75) is 25.2 Å². The molecule has 0 heterocycles. The van der Waals surface area contributed by atoms with E-state index in [1.165, 1.54) is 24.0 Å². The van der Waals surface area contributed by atoms with E-state index in [9.17, 15) is 0 Å². The molecule has 0 saturated heterocycles. The summed E-state index contributed by atoms with van der Waals surface area (Å²) in [5.74, 6) is 6.73. The van der Waals surface area contributed by atoms with Gasteiger partial charge < -0.3 is 9.57 Å². The van der Waals surface area contributed by atoms with Gasteiger partial charge in [-0.1, -0.05) is 12.1 Å². The summed E-state index contributed by atoms with van der Waals surface area (Å²) in [7, 11) is 1.73. The monoisotopic (exact) mass is 207 g/mol. The Labute approximate surface area is 90.1 Å². The van der Waals surface area contributed by atoms with E-state index in [0.29, 0.717) is 6.61 Å². The third-order valence-corrected chi connectivity index (χ3v) is 2.82. The van der Waals surface area contributed by atoms with Crippen molar-refractivity contribution in [3.8, 4) is 5.75 Å². The normalized spacial score (nSPS) is 15.3. The molecule has 0 amide bonds. The second-order valence-electron chi connectivity index (χ2n) is 3.97.